The molecule has 0 radical (unpaired) electrons. The molecule has 27 heavy (non-hydrogen) atoms. The van der Waals surface area contributed by atoms with Gasteiger partial charge in [0.05, 0.1) is 24.1 Å². The van der Waals surface area contributed by atoms with Gasteiger partial charge in [-0.3, -0.25) is 9.08 Å². The largest absolute Gasteiger partial charge is 0.444 e. The van der Waals surface area contributed by atoms with E-state index in [0.29, 0.717) is 0 Å². The number of aliphatic hydroxyl groups excluding tert-OH is 1. The zero-order valence-corrected chi connectivity index (χ0v) is 16.6. The van der Waals surface area contributed by atoms with Gasteiger partial charge in [-0.05, 0) is 39.8 Å². The van der Waals surface area contributed by atoms with Crippen LogP contribution in [0.2, 0.25) is 0 Å². The molecule has 1 aromatic rings. The van der Waals surface area contributed by atoms with Gasteiger partial charge in [-0.25, -0.2) is 4.79 Å². The van der Waals surface area contributed by atoms with Gasteiger partial charge in [-0.1, -0.05) is 17.7 Å². The fourth-order valence-electron chi connectivity index (χ4n) is 3.28. The number of benzene rings is 1. The molecule has 0 spiro atoms. The molecular weight excluding hydrogens is 374 g/mol. The third-order valence-electron chi connectivity index (χ3n) is 4.48. The molecule has 0 bridgehead atoms. The lowest BCUT2D eigenvalue weighted by atomic mass is 10.1. The van der Waals surface area contributed by atoms with E-state index < -0.39 is 46.2 Å². The Labute approximate surface area is 159 Å². The molecule has 8 nitrogen and oxygen atoms in total. The zero-order chi connectivity index (χ0) is 20.0. The van der Waals surface area contributed by atoms with Crippen LogP contribution in [0, 0.1) is 6.92 Å². The second kappa shape index (κ2) is 7.05. The van der Waals surface area contributed by atoms with Crippen LogP contribution in [-0.4, -0.2) is 67.6 Å². The van der Waals surface area contributed by atoms with Crippen LogP contribution in [0.3, 0.4) is 0 Å². The van der Waals surface area contributed by atoms with E-state index in [9.17, 15) is 18.3 Å². The van der Waals surface area contributed by atoms with Crippen LogP contribution in [-0.2, 0) is 23.8 Å². The molecule has 1 aromatic carbocycles. The SMILES string of the molecule is Cc1ccc(S(=O)(=O)O[C@H]2CN(C(=O)OC(C)(C)C)[C@H]3[C@@H]2OC[C@@H]3O)cc1. The van der Waals surface area contributed by atoms with Gasteiger partial charge in [0.2, 0.25) is 0 Å². The van der Waals surface area contributed by atoms with E-state index in [2.05, 4.69) is 0 Å². The number of aliphatic hydroxyl groups is 1. The van der Waals surface area contributed by atoms with E-state index in [1.807, 2.05) is 6.92 Å². The maximum absolute atomic E-state index is 12.6. The van der Waals surface area contributed by atoms with Gasteiger partial charge < -0.3 is 14.6 Å². The fraction of sp³-hybridized carbons (Fsp3) is 0.611. The van der Waals surface area contributed by atoms with Crippen LogP contribution in [0.1, 0.15) is 26.3 Å². The lowest BCUT2D eigenvalue weighted by Gasteiger charge is -2.28. The number of nitrogens with zero attached hydrogens (tertiary/aromatic N) is 1. The van der Waals surface area contributed by atoms with Gasteiger partial charge >= 0.3 is 6.09 Å². The number of hydrogen-bond acceptors (Lipinski definition) is 7. The number of rotatable bonds is 3. The predicted molar refractivity (Wildman–Crippen MR) is 95.7 cm³/mol. The Hall–Kier alpha value is -1.68. The molecule has 2 fully saturated rings. The predicted octanol–water partition coefficient (Wildman–Crippen LogP) is 1.45. The van der Waals surface area contributed by atoms with Crippen molar-refractivity contribution in [3.05, 3.63) is 29.8 Å². The lowest BCUT2D eigenvalue weighted by Crippen LogP contribution is -2.46. The first kappa shape index (κ1) is 20.1. The highest BCUT2D eigenvalue weighted by Gasteiger charge is 2.55. The summed E-state index contributed by atoms with van der Waals surface area (Å²) in [5.41, 5.74) is 0.206. The summed E-state index contributed by atoms with van der Waals surface area (Å²) in [4.78, 5) is 13.8. The van der Waals surface area contributed by atoms with E-state index in [1.54, 1.807) is 32.9 Å². The molecule has 3 rings (SSSR count). The highest BCUT2D eigenvalue weighted by molar-refractivity contribution is 7.86. The Morgan fingerprint density at radius 2 is 1.89 bits per heavy atom. The standard InChI is InChI=1S/C18H25NO7S/c1-11-5-7-12(8-6-11)27(22,23)26-14-9-19(17(21)25-18(2,3)4)15-13(20)10-24-16(14)15/h5-8,13-16,20H,9-10H2,1-4H3/t13-,14-,15+,16+/m0/s1. The molecule has 150 valence electrons. The second-order valence-electron chi connectivity index (χ2n) is 7.89. The quantitative estimate of drug-likeness (QED) is 0.768. The van der Waals surface area contributed by atoms with E-state index in [-0.39, 0.29) is 18.0 Å². The summed E-state index contributed by atoms with van der Waals surface area (Å²) in [6.45, 7) is 7.00. The number of likely N-dealkylation sites (tertiary alicyclic amines) is 1. The molecule has 0 saturated carbocycles. The van der Waals surface area contributed by atoms with Gasteiger partial charge in [0, 0.05) is 0 Å². The molecule has 0 aliphatic carbocycles. The summed E-state index contributed by atoms with van der Waals surface area (Å²) in [5, 5.41) is 10.2. The summed E-state index contributed by atoms with van der Waals surface area (Å²) in [7, 11) is -4.04. The van der Waals surface area contributed by atoms with Crippen molar-refractivity contribution in [3.63, 3.8) is 0 Å². The third kappa shape index (κ3) is 4.26. The molecule has 2 saturated heterocycles. The Morgan fingerprint density at radius 1 is 1.26 bits per heavy atom. The third-order valence-corrected chi connectivity index (χ3v) is 5.83. The maximum Gasteiger partial charge on any atom is 0.410 e. The van der Waals surface area contributed by atoms with E-state index >= 15 is 0 Å². The monoisotopic (exact) mass is 399 g/mol. The minimum atomic E-state index is -4.04. The molecule has 0 aromatic heterocycles. The van der Waals surface area contributed by atoms with Gasteiger partial charge in [-0.15, -0.1) is 0 Å². The molecule has 2 aliphatic heterocycles. The van der Waals surface area contributed by atoms with E-state index in [1.165, 1.54) is 17.0 Å². The first-order valence-electron chi connectivity index (χ1n) is 8.77. The van der Waals surface area contributed by atoms with Crippen molar-refractivity contribution in [2.24, 2.45) is 0 Å². The molecule has 9 heteroatoms. The van der Waals surface area contributed by atoms with Crippen LogP contribution >= 0.6 is 0 Å². The number of aryl methyl sites for hydroxylation is 1. The first-order valence-corrected chi connectivity index (χ1v) is 10.2. The van der Waals surface area contributed by atoms with Gasteiger partial charge in [-0.2, -0.15) is 8.42 Å². The topological polar surface area (TPSA) is 102 Å². The average Bonchev–Trinajstić information content (AvgIpc) is 3.08. The molecule has 2 aliphatic rings. The smallest absolute Gasteiger partial charge is 0.410 e. The van der Waals surface area contributed by atoms with Crippen molar-refractivity contribution in [2.75, 3.05) is 13.2 Å². The molecule has 1 amide bonds. The van der Waals surface area contributed by atoms with Gasteiger partial charge in [0.15, 0.2) is 0 Å². The summed E-state index contributed by atoms with van der Waals surface area (Å²) in [6, 6.07) is 5.57. The molecule has 0 unspecified atom stereocenters. The summed E-state index contributed by atoms with van der Waals surface area (Å²) >= 11 is 0. The lowest BCUT2D eigenvalue weighted by molar-refractivity contribution is 0.00833. The number of carbonyl (C=O) groups is 1. The van der Waals surface area contributed by atoms with E-state index in [4.69, 9.17) is 13.7 Å². The van der Waals surface area contributed by atoms with E-state index in [0.717, 1.165) is 5.56 Å². The van der Waals surface area contributed by atoms with Crippen LogP contribution in [0.15, 0.2) is 29.2 Å². The van der Waals surface area contributed by atoms with Crippen molar-refractivity contribution in [2.45, 2.75) is 62.5 Å². The number of hydrogen-bond donors (Lipinski definition) is 1. The zero-order valence-electron chi connectivity index (χ0n) is 15.8. The highest BCUT2D eigenvalue weighted by atomic mass is 32.2. The Kier molecular flexibility index (Phi) is 5.24. The van der Waals surface area contributed by atoms with Crippen LogP contribution in [0.5, 0.6) is 0 Å². The van der Waals surface area contributed by atoms with Crippen LogP contribution < -0.4 is 0 Å². The van der Waals surface area contributed by atoms with Crippen LogP contribution in [0.25, 0.3) is 0 Å². The number of fused-ring (bicyclic) bond motifs is 1. The Morgan fingerprint density at radius 3 is 2.48 bits per heavy atom. The number of carbonyl (C=O) groups excluding carboxylic acids is 1. The van der Waals surface area contributed by atoms with Crippen molar-refractivity contribution < 1.29 is 32.0 Å². The fourth-order valence-corrected chi connectivity index (χ4v) is 4.36. The molecule has 4 atom stereocenters. The Bertz CT molecular complexity index is 800. The van der Waals surface area contributed by atoms with Crippen molar-refractivity contribution in [1.29, 1.82) is 0 Å². The minimum absolute atomic E-state index is 0.000922. The molecule has 1 N–H and O–H groups in total. The first-order chi connectivity index (χ1) is 12.5. The molecule has 2 heterocycles. The second-order valence-corrected chi connectivity index (χ2v) is 9.46. The highest BCUT2D eigenvalue weighted by Crippen LogP contribution is 2.34. The normalized spacial score (nSPS) is 28.3. The van der Waals surface area contributed by atoms with Crippen LogP contribution in [0.4, 0.5) is 4.79 Å². The molecular formula is C18H25NO7S. The van der Waals surface area contributed by atoms with Crippen molar-refractivity contribution >= 4 is 16.2 Å². The van der Waals surface area contributed by atoms with Crippen molar-refractivity contribution in [1.82, 2.24) is 4.90 Å². The minimum Gasteiger partial charge on any atom is -0.444 e. The summed E-state index contributed by atoms with van der Waals surface area (Å²) in [5.74, 6) is 0. The average molecular weight is 399 g/mol. The van der Waals surface area contributed by atoms with Gasteiger partial charge in [0.1, 0.15) is 23.9 Å². The van der Waals surface area contributed by atoms with Gasteiger partial charge in [0.25, 0.3) is 10.1 Å². The Balaban J connectivity index is 1.80. The summed E-state index contributed by atoms with van der Waals surface area (Å²) in [6.07, 6.45) is -3.24. The van der Waals surface area contributed by atoms with Crippen molar-refractivity contribution in [3.8, 4) is 0 Å². The number of amides is 1. The maximum atomic E-state index is 12.6. The summed E-state index contributed by atoms with van der Waals surface area (Å²) < 4.78 is 41.5. The number of ether oxygens (including phenoxy) is 2.